The zero-order valence-corrected chi connectivity index (χ0v) is 22.8. The Bertz CT molecular complexity index is 888. The summed E-state index contributed by atoms with van der Waals surface area (Å²) in [7, 11) is -4.60. The highest BCUT2D eigenvalue weighted by atomic mass is 127. The molecule has 0 fully saturated rings. The number of nitrogens with one attached hydrogen (secondary N) is 2. The van der Waals surface area contributed by atoms with Gasteiger partial charge < -0.3 is 0 Å². The predicted molar refractivity (Wildman–Crippen MR) is 122 cm³/mol. The van der Waals surface area contributed by atoms with Crippen LogP contribution in [0, 0.1) is 0 Å². The molecule has 0 aliphatic rings. The minimum absolute atomic E-state index is 0.0124. The van der Waals surface area contributed by atoms with E-state index in [0.717, 1.165) is 63.4 Å². The lowest BCUT2D eigenvalue weighted by Crippen LogP contribution is -2.74. The maximum absolute atomic E-state index is 13.7. The number of rotatable bonds is 5. The number of nitrogens with zero attached hydrogens (tertiary/aromatic N) is 1. The van der Waals surface area contributed by atoms with E-state index < -0.39 is 43.4 Å². The van der Waals surface area contributed by atoms with Crippen LogP contribution < -0.4 is 10.3 Å². The van der Waals surface area contributed by atoms with Gasteiger partial charge in [-0.1, -0.05) is 68.4 Å². The molecule has 0 aliphatic heterocycles. The topological polar surface area (TPSA) is 78.5 Å². The molecule has 18 heteroatoms. The van der Waals surface area contributed by atoms with Crippen molar-refractivity contribution >= 4 is 107 Å². The van der Waals surface area contributed by atoms with Crippen LogP contribution in [0.25, 0.3) is 0 Å². The summed E-state index contributed by atoms with van der Waals surface area (Å²) >= 11 is 13.7. The normalized spacial score (nSPS) is 13.9. The van der Waals surface area contributed by atoms with Crippen LogP contribution in [0.5, 0.6) is 0 Å². The summed E-state index contributed by atoms with van der Waals surface area (Å²) in [5.74, 6) is 0. The van der Waals surface area contributed by atoms with Gasteiger partial charge in [0.2, 0.25) is 0 Å². The molecule has 6 nitrogen and oxygen atoms in total. The molecular weight excluding hydrogens is 832 g/mol. The Balaban J connectivity index is 3.29. The van der Waals surface area contributed by atoms with Crippen molar-refractivity contribution in [1.82, 2.24) is 13.4 Å². The first-order valence-corrected chi connectivity index (χ1v) is 12.3. The molecular formula is C12H8Cl2F6I3N3O3S. The fourth-order valence-electron chi connectivity index (χ4n) is 2.07. The van der Waals surface area contributed by atoms with E-state index in [4.69, 9.17) is 23.2 Å². The van der Waals surface area contributed by atoms with Gasteiger partial charge in [0.1, 0.15) is 1.43 Å². The largest absolute Gasteiger partial charge is 0.423 e. The average molecular weight is 840 g/mol. The van der Waals surface area contributed by atoms with E-state index in [9.17, 15) is 39.6 Å². The van der Waals surface area contributed by atoms with Crippen LogP contribution in [0.3, 0.4) is 0 Å². The van der Waals surface area contributed by atoms with Gasteiger partial charge in [-0.3, -0.25) is 5.43 Å². The Morgan fingerprint density at radius 2 is 1.50 bits per heavy atom. The number of hydrogen-bond donors (Lipinski definition) is 2. The molecule has 0 unspecified atom stereocenters. The van der Waals surface area contributed by atoms with Crippen LogP contribution in [-0.4, -0.2) is 36.9 Å². The third-order valence-electron chi connectivity index (χ3n) is 3.42. The number of halogens is 11. The number of hydrogen-bond acceptors (Lipinski definition) is 3. The van der Waals surface area contributed by atoms with E-state index >= 15 is 0 Å². The highest BCUT2D eigenvalue weighted by molar-refractivity contribution is 14.2. The number of carbonyl (C=O) groups excluding carboxylic acids is 1. The molecule has 2 N–H and O–H groups in total. The van der Waals surface area contributed by atoms with Crippen molar-refractivity contribution in [2.24, 2.45) is 0 Å². The van der Waals surface area contributed by atoms with Crippen LogP contribution >= 0.6 is 91.2 Å². The second-order valence-corrected chi connectivity index (χ2v) is 15.3. The highest BCUT2D eigenvalue weighted by Crippen LogP contribution is 2.60. The molecule has 0 aliphatic carbocycles. The first-order chi connectivity index (χ1) is 13.2. The quantitative estimate of drug-likeness (QED) is 0.126. The second kappa shape index (κ2) is 9.55. The van der Waals surface area contributed by atoms with Crippen molar-refractivity contribution in [2.75, 3.05) is 0 Å². The Kier molecular flexibility index (Phi) is 9.16. The number of alkyl halides is 8. The molecule has 0 atom stereocenters. The van der Waals surface area contributed by atoms with Crippen LogP contribution in [0.1, 0.15) is 6.92 Å². The number of amides is 2. The number of urea groups is 1. The Morgan fingerprint density at radius 3 is 1.87 bits per heavy atom. The van der Waals surface area contributed by atoms with Crippen molar-refractivity contribution in [1.29, 1.82) is 0 Å². The van der Waals surface area contributed by atoms with Crippen LogP contribution in [0.15, 0.2) is 23.1 Å². The van der Waals surface area contributed by atoms with Gasteiger partial charge in [-0.15, -0.1) is 4.83 Å². The number of hydrazine groups is 1. The fourth-order valence-corrected chi connectivity index (χ4v) is 7.07. The van der Waals surface area contributed by atoms with E-state index in [0.29, 0.717) is 29.8 Å². The smallest absolute Gasteiger partial charge is 0.258 e. The lowest BCUT2D eigenvalue weighted by molar-refractivity contribution is -0.316. The standard InChI is InChI=1S/C12H8Cl2F6I3N3O3S/c1-9(21,22)10(11(15,16)17,12(18,19)20)26(23)8(27)24-25-30(28,29)5-2-3-6(13)7(14)4-5/h2-4,25H,1H3,(H,24,27). The SMILES string of the molecule is CC(I)(I)C(N(I)C(=O)NNS(=O)(=O)c1ccc(Cl)c(Cl)c1)(C(F)(F)F)C(F)(F)F. The lowest BCUT2D eigenvalue weighted by atomic mass is 9.94. The van der Waals surface area contributed by atoms with Gasteiger partial charge in [0.15, 0.2) is 0 Å². The van der Waals surface area contributed by atoms with Crippen LogP contribution in [-0.2, 0) is 10.0 Å². The molecule has 1 rings (SSSR count). The average Bonchev–Trinajstić information content (AvgIpc) is 2.51. The molecule has 30 heavy (non-hydrogen) atoms. The van der Waals surface area contributed by atoms with Crippen molar-refractivity contribution in [2.45, 2.75) is 31.1 Å². The molecule has 0 saturated carbocycles. The number of benzene rings is 1. The van der Waals surface area contributed by atoms with Gasteiger partial charge in [0.05, 0.1) is 37.8 Å². The van der Waals surface area contributed by atoms with Gasteiger partial charge in [0.25, 0.3) is 15.6 Å². The number of sulfonamides is 1. The Morgan fingerprint density at radius 1 is 1.03 bits per heavy atom. The van der Waals surface area contributed by atoms with Gasteiger partial charge >= 0.3 is 18.4 Å². The Labute approximate surface area is 217 Å². The first-order valence-electron chi connectivity index (χ1n) is 6.94. The maximum atomic E-state index is 13.7. The zero-order valence-electron chi connectivity index (χ0n) is 14.0. The molecule has 0 saturated heterocycles. The van der Waals surface area contributed by atoms with Crippen molar-refractivity contribution in [3.8, 4) is 0 Å². The summed E-state index contributed by atoms with van der Waals surface area (Å²) < 4.78 is 103. The minimum Gasteiger partial charge on any atom is -0.258 e. The lowest BCUT2D eigenvalue weighted by Gasteiger charge is -2.47. The van der Waals surface area contributed by atoms with Crippen LogP contribution in [0.2, 0.25) is 10.0 Å². The molecule has 172 valence electrons. The van der Waals surface area contributed by atoms with Gasteiger partial charge in [-0.2, -0.15) is 26.3 Å². The van der Waals surface area contributed by atoms with E-state index in [1.165, 1.54) is 10.3 Å². The predicted octanol–water partition coefficient (Wildman–Crippen LogP) is 6.00. The number of carbonyl (C=O) groups is 1. The Hall–Kier alpha value is 0.750. The molecule has 0 radical (unpaired) electrons. The zero-order chi connectivity index (χ0) is 23.9. The monoisotopic (exact) mass is 839 g/mol. The summed E-state index contributed by atoms with van der Waals surface area (Å²) in [6.45, 7) is 0.619. The molecule has 0 bridgehead atoms. The van der Waals surface area contributed by atoms with Crippen molar-refractivity contribution < 1.29 is 39.6 Å². The molecule has 1 aromatic rings. The fraction of sp³-hybridized carbons (Fsp3) is 0.417. The molecule has 1 aromatic carbocycles. The summed E-state index contributed by atoms with van der Waals surface area (Å²) in [5.41, 5.74) is -3.34. The van der Waals surface area contributed by atoms with Gasteiger partial charge in [-0.05, 0) is 25.1 Å². The summed E-state index contributed by atoms with van der Waals surface area (Å²) in [6, 6.07) is 0.879. The second-order valence-electron chi connectivity index (χ2n) is 5.49. The molecule has 0 spiro atoms. The van der Waals surface area contributed by atoms with E-state index in [-0.39, 0.29) is 10.0 Å². The highest BCUT2D eigenvalue weighted by Gasteiger charge is 2.81. The van der Waals surface area contributed by atoms with E-state index in [1.807, 2.05) is 0 Å². The van der Waals surface area contributed by atoms with Crippen LogP contribution in [0.4, 0.5) is 31.1 Å². The summed E-state index contributed by atoms with van der Waals surface area (Å²) in [6.07, 6.45) is -11.9. The van der Waals surface area contributed by atoms with E-state index in [2.05, 4.69) is 0 Å². The molecule has 2 amide bonds. The van der Waals surface area contributed by atoms with Gasteiger partial charge in [0, 0.05) is 0 Å². The van der Waals surface area contributed by atoms with Crippen molar-refractivity contribution in [3.63, 3.8) is 0 Å². The van der Waals surface area contributed by atoms with Crippen molar-refractivity contribution in [3.05, 3.63) is 28.2 Å². The minimum atomic E-state index is -5.97. The molecule has 0 aromatic heterocycles. The molecule has 0 heterocycles. The third kappa shape index (κ3) is 5.62. The maximum Gasteiger partial charge on any atom is 0.423 e. The van der Waals surface area contributed by atoms with E-state index in [1.54, 1.807) is 0 Å². The summed E-state index contributed by atoms with van der Waals surface area (Å²) in [5, 5.41) is -0.207. The summed E-state index contributed by atoms with van der Waals surface area (Å²) in [4.78, 5) is 13.0. The third-order valence-corrected chi connectivity index (χ3v) is 8.13. The van der Waals surface area contributed by atoms with Gasteiger partial charge in [-0.25, -0.2) is 16.3 Å². The first kappa shape index (κ1) is 28.8.